The molecule has 0 bridgehead atoms. The third kappa shape index (κ3) is 1.50. The van der Waals surface area contributed by atoms with Crippen LogP contribution in [-0.2, 0) is 14.3 Å². The molecule has 1 unspecified atom stereocenters. The maximum Gasteiger partial charge on any atom is 0.321 e. The van der Waals surface area contributed by atoms with Crippen LogP contribution in [0.1, 0.15) is 12.8 Å². The molecule has 0 saturated carbocycles. The maximum atomic E-state index is 12.5. The van der Waals surface area contributed by atoms with Crippen molar-refractivity contribution in [3.8, 4) is 0 Å². The maximum absolute atomic E-state index is 12.5. The normalized spacial score (nSPS) is 27.1. The van der Waals surface area contributed by atoms with E-state index in [1.54, 1.807) is 4.90 Å². The summed E-state index contributed by atoms with van der Waals surface area (Å²) in [6.07, 6.45) is 1.05. The Labute approximate surface area is 113 Å². The van der Waals surface area contributed by atoms with Crippen molar-refractivity contribution in [2.24, 2.45) is 5.41 Å². The molecular formula is C13H12BrNO3. The Balaban J connectivity index is 1.97. The zero-order valence-corrected chi connectivity index (χ0v) is 11.3. The van der Waals surface area contributed by atoms with Crippen LogP contribution in [0.2, 0.25) is 0 Å². The van der Waals surface area contributed by atoms with Crippen molar-refractivity contribution in [1.29, 1.82) is 0 Å². The number of carbonyl (C=O) groups excluding carboxylic acids is 2. The number of halogens is 1. The van der Waals surface area contributed by atoms with Crippen LogP contribution in [0.4, 0.5) is 5.69 Å². The summed E-state index contributed by atoms with van der Waals surface area (Å²) in [4.78, 5) is 26.0. The van der Waals surface area contributed by atoms with Crippen molar-refractivity contribution >= 4 is 33.5 Å². The predicted molar refractivity (Wildman–Crippen MR) is 69.1 cm³/mol. The first kappa shape index (κ1) is 11.7. The molecule has 94 valence electrons. The third-order valence-electron chi connectivity index (χ3n) is 3.71. The van der Waals surface area contributed by atoms with Crippen molar-refractivity contribution in [3.05, 3.63) is 28.7 Å². The van der Waals surface area contributed by atoms with Gasteiger partial charge in [-0.05, 0) is 34.5 Å². The fraction of sp³-hybridized carbons (Fsp3) is 0.385. The number of esters is 1. The van der Waals surface area contributed by atoms with Crippen LogP contribution in [0, 0.1) is 5.41 Å². The lowest BCUT2D eigenvalue weighted by Gasteiger charge is -2.20. The van der Waals surface area contributed by atoms with Crippen molar-refractivity contribution in [2.45, 2.75) is 12.8 Å². The molecule has 5 heteroatoms. The molecule has 1 aromatic rings. The van der Waals surface area contributed by atoms with Gasteiger partial charge in [0, 0.05) is 17.4 Å². The molecule has 2 aliphatic rings. The molecule has 18 heavy (non-hydrogen) atoms. The minimum Gasteiger partial charge on any atom is -0.465 e. The lowest BCUT2D eigenvalue weighted by atomic mass is 9.85. The topological polar surface area (TPSA) is 46.6 Å². The first-order valence-corrected chi connectivity index (χ1v) is 6.68. The van der Waals surface area contributed by atoms with Gasteiger partial charge in [-0.25, -0.2) is 0 Å². The van der Waals surface area contributed by atoms with Gasteiger partial charge in [-0.3, -0.25) is 9.59 Å². The summed E-state index contributed by atoms with van der Waals surface area (Å²) in [7, 11) is 0. The molecule has 0 aromatic heterocycles. The van der Waals surface area contributed by atoms with E-state index in [0.29, 0.717) is 26.0 Å². The number of nitrogens with zero attached hydrogens (tertiary/aromatic N) is 1. The Morgan fingerprint density at radius 3 is 2.67 bits per heavy atom. The lowest BCUT2D eigenvalue weighted by molar-refractivity contribution is -0.149. The van der Waals surface area contributed by atoms with E-state index < -0.39 is 5.41 Å². The van der Waals surface area contributed by atoms with E-state index in [4.69, 9.17) is 4.74 Å². The van der Waals surface area contributed by atoms with Gasteiger partial charge >= 0.3 is 5.97 Å². The Morgan fingerprint density at radius 1 is 1.22 bits per heavy atom. The molecule has 2 saturated heterocycles. The molecular weight excluding hydrogens is 298 g/mol. The highest BCUT2D eigenvalue weighted by Gasteiger charge is 2.57. The van der Waals surface area contributed by atoms with Crippen LogP contribution in [0.25, 0.3) is 0 Å². The highest BCUT2D eigenvalue weighted by Crippen LogP contribution is 2.43. The number of amides is 1. The highest BCUT2D eigenvalue weighted by atomic mass is 79.9. The number of benzene rings is 1. The van der Waals surface area contributed by atoms with Gasteiger partial charge in [0.15, 0.2) is 5.41 Å². The number of ether oxygens (including phenoxy) is 1. The van der Waals surface area contributed by atoms with Crippen molar-refractivity contribution < 1.29 is 14.3 Å². The quantitative estimate of drug-likeness (QED) is 0.590. The van der Waals surface area contributed by atoms with Gasteiger partial charge in [-0.2, -0.15) is 0 Å². The monoisotopic (exact) mass is 309 g/mol. The number of carbonyl (C=O) groups is 2. The van der Waals surface area contributed by atoms with Gasteiger partial charge in [-0.1, -0.05) is 12.1 Å². The number of para-hydroxylation sites is 1. The first-order chi connectivity index (χ1) is 8.65. The van der Waals surface area contributed by atoms with Crippen LogP contribution in [0.5, 0.6) is 0 Å². The number of rotatable bonds is 1. The van der Waals surface area contributed by atoms with Crippen LogP contribution in [-0.4, -0.2) is 25.0 Å². The van der Waals surface area contributed by atoms with Crippen molar-refractivity contribution in [3.63, 3.8) is 0 Å². The molecule has 1 atom stereocenters. The van der Waals surface area contributed by atoms with E-state index in [9.17, 15) is 9.59 Å². The zero-order chi connectivity index (χ0) is 12.8. The molecule has 1 spiro atoms. The van der Waals surface area contributed by atoms with E-state index in [1.807, 2.05) is 24.3 Å². The van der Waals surface area contributed by atoms with Gasteiger partial charge in [0.05, 0.1) is 12.3 Å². The molecule has 2 aliphatic heterocycles. The molecule has 1 aromatic carbocycles. The van der Waals surface area contributed by atoms with E-state index in [2.05, 4.69) is 15.9 Å². The molecule has 2 fully saturated rings. The minimum absolute atomic E-state index is 0.128. The molecule has 4 nitrogen and oxygen atoms in total. The summed E-state index contributed by atoms with van der Waals surface area (Å²) in [5, 5.41) is 0. The van der Waals surface area contributed by atoms with E-state index in [0.717, 1.165) is 10.2 Å². The van der Waals surface area contributed by atoms with E-state index in [-0.39, 0.29) is 11.9 Å². The van der Waals surface area contributed by atoms with Crippen molar-refractivity contribution in [1.82, 2.24) is 0 Å². The second-order valence-electron chi connectivity index (χ2n) is 4.63. The van der Waals surface area contributed by atoms with Crippen LogP contribution in [0.15, 0.2) is 28.7 Å². The van der Waals surface area contributed by atoms with Crippen LogP contribution < -0.4 is 4.90 Å². The summed E-state index contributed by atoms with van der Waals surface area (Å²) in [5.41, 5.74) is -0.103. The molecule has 0 N–H and O–H groups in total. The summed E-state index contributed by atoms with van der Waals surface area (Å²) < 4.78 is 5.84. The SMILES string of the molecule is O=C1OCCC12CCN(c1ccccc1Br)C2=O. The fourth-order valence-corrected chi connectivity index (χ4v) is 3.15. The number of anilines is 1. The Morgan fingerprint density at radius 2 is 2.00 bits per heavy atom. The second kappa shape index (κ2) is 4.09. The molecule has 0 aliphatic carbocycles. The smallest absolute Gasteiger partial charge is 0.321 e. The van der Waals surface area contributed by atoms with Gasteiger partial charge in [0.1, 0.15) is 0 Å². The second-order valence-corrected chi connectivity index (χ2v) is 5.48. The van der Waals surface area contributed by atoms with Crippen molar-refractivity contribution in [2.75, 3.05) is 18.1 Å². The molecule has 2 heterocycles. The summed E-state index contributed by atoms with van der Waals surface area (Å²) >= 11 is 3.44. The largest absolute Gasteiger partial charge is 0.465 e. The Bertz CT molecular complexity index is 531. The molecule has 1 amide bonds. The third-order valence-corrected chi connectivity index (χ3v) is 4.38. The van der Waals surface area contributed by atoms with Gasteiger partial charge in [0.2, 0.25) is 5.91 Å². The predicted octanol–water partition coefficient (Wildman–Crippen LogP) is 2.12. The van der Waals surface area contributed by atoms with Crippen LogP contribution >= 0.6 is 15.9 Å². The zero-order valence-electron chi connectivity index (χ0n) is 9.69. The van der Waals surface area contributed by atoms with Gasteiger partial charge in [0.25, 0.3) is 0 Å². The van der Waals surface area contributed by atoms with Crippen LogP contribution in [0.3, 0.4) is 0 Å². The number of hydrogen-bond donors (Lipinski definition) is 0. The summed E-state index contributed by atoms with van der Waals surface area (Å²) in [6, 6.07) is 7.54. The number of hydrogen-bond acceptors (Lipinski definition) is 3. The summed E-state index contributed by atoms with van der Waals surface area (Å²) in [5.74, 6) is -0.487. The Kier molecular flexibility index (Phi) is 2.66. The fourth-order valence-electron chi connectivity index (χ4n) is 2.65. The van der Waals surface area contributed by atoms with E-state index >= 15 is 0 Å². The first-order valence-electron chi connectivity index (χ1n) is 5.89. The Hall–Kier alpha value is -1.36. The average Bonchev–Trinajstić information content (AvgIpc) is 2.88. The minimum atomic E-state index is -0.921. The lowest BCUT2D eigenvalue weighted by Crippen LogP contribution is -2.37. The van der Waals surface area contributed by atoms with E-state index in [1.165, 1.54) is 0 Å². The standard InChI is InChI=1S/C13H12BrNO3/c14-9-3-1-2-4-10(9)15-7-5-13(11(15)16)6-8-18-12(13)17/h1-4H,5-8H2. The van der Waals surface area contributed by atoms with Gasteiger partial charge < -0.3 is 9.64 Å². The molecule has 3 rings (SSSR count). The highest BCUT2D eigenvalue weighted by molar-refractivity contribution is 9.10. The summed E-state index contributed by atoms with van der Waals surface area (Å²) in [6.45, 7) is 0.922. The average molecular weight is 310 g/mol. The van der Waals surface area contributed by atoms with Gasteiger partial charge in [-0.15, -0.1) is 0 Å². The number of cyclic esters (lactones) is 1. The molecule has 0 radical (unpaired) electrons.